The lowest BCUT2D eigenvalue weighted by atomic mass is 10.1. The average molecular weight is 288 g/mol. The number of methoxy groups -OCH3 is 1. The Hall–Kier alpha value is -2.37. The third-order valence-electron chi connectivity index (χ3n) is 3.04. The number of rotatable bonds is 4. The minimum Gasteiger partial charge on any atom is -0.467 e. The van der Waals surface area contributed by atoms with Crippen molar-refractivity contribution >= 4 is 11.7 Å². The molecular weight excluding hydrogens is 268 g/mol. The SMILES string of the molecule is COC(=O)C(Nc1cnn(C(C)(C)C)c1)c1cccnc1. The number of hydrogen-bond donors (Lipinski definition) is 1. The molecule has 0 aliphatic rings. The molecule has 6 nitrogen and oxygen atoms in total. The smallest absolute Gasteiger partial charge is 0.333 e. The number of nitrogens with one attached hydrogen (secondary N) is 1. The van der Waals surface area contributed by atoms with Crippen molar-refractivity contribution in [2.24, 2.45) is 0 Å². The van der Waals surface area contributed by atoms with Crippen molar-refractivity contribution in [2.45, 2.75) is 32.4 Å². The number of pyridine rings is 1. The molecule has 1 N–H and O–H groups in total. The second-order valence-electron chi connectivity index (χ2n) is 5.73. The van der Waals surface area contributed by atoms with E-state index in [0.29, 0.717) is 0 Å². The average Bonchev–Trinajstić information content (AvgIpc) is 2.93. The van der Waals surface area contributed by atoms with Crippen molar-refractivity contribution in [3.8, 4) is 0 Å². The van der Waals surface area contributed by atoms with Crippen LogP contribution in [0.25, 0.3) is 0 Å². The number of hydrogen-bond acceptors (Lipinski definition) is 5. The highest BCUT2D eigenvalue weighted by atomic mass is 16.5. The van der Waals surface area contributed by atoms with E-state index in [1.165, 1.54) is 7.11 Å². The van der Waals surface area contributed by atoms with E-state index in [-0.39, 0.29) is 11.5 Å². The molecule has 0 saturated heterocycles. The molecular formula is C15H20N4O2. The van der Waals surface area contributed by atoms with Gasteiger partial charge in [-0.2, -0.15) is 5.10 Å². The van der Waals surface area contributed by atoms with Gasteiger partial charge in [-0.1, -0.05) is 6.07 Å². The predicted molar refractivity (Wildman–Crippen MR) is 79.8 cm³/mol. The van der Waals surface area contributed by atoms with E-state index in [1.807, 2.05) is 16.9 Å². The normalized spacial score (nSPS) is 12.8. The van der Waals surface area contributed by atoms with Gasteiger partial charge in [0.1, 0.15) is 0 Å². The van der Waals surface area contributed by atoms with Crippen LogP contribution in [0.2, 0.25) is 0 Å². The molecule has 0 bridgehead atoms. The molecule has 2 heterocycles. The Kier molecular flexibility index (Phi) is 4.26. The quantitative estimate of drug-likeness (QED) is 0.875. The first-order valence-electron chi connectivity index (χ1n) is 6.71. The van der Waals surface area contributed by atoms with Crippen LogP contribution in [0.5, 0.6) is 0 Å². The van der Waals surface area contributed by atoms with Crippen molar-refractivity contribution in [3.63, 3.8) is 0 Å². The van der Waals surface area contributed by atoms with E-state index in [0.717, 1.165) is 11.3 Å². The molecule has 0 fully saturated rings. The van der Waals surface area contributed by atoms with Crippen molar-refractivity contribution in [2.75, 3.05) is 12.4 Å². The van der Waals surface area contributed by atoms with Gasteiger partial charge in [0, 0.05) is 24.2 Å². The number of aromatic nitrogens is 3. The van der Waals surface area contributed by atoms with Crippen LogP contribution in [-0.4, -0.2) is 27.8 Å². The van der Waals surface area contributed by atoms with Crippen LogP contribution in [0.15, 0.2) is 36.9 Å². The summed E-state index contributed by atoms with van der Waals surface area (Å²) in [5.41, 5.74) is 1.38. The number of ether oxygens (including phenoxy) is 1. The third-order valence-corrected chi connectivity index (χ3v) is 3.04. The van der Waals surface area contributed by atoms with Gasteiger partial charge in [-0.25, -0.2) is 4.79 Å². The highest BCUT2D eigenvalue weighted by molar-refractivity contribution is 5.80. The summed E-state index contributed by atoms with van der Waals surface area (Å²) >= 11 is 0. The summed E-state index contributed by atoms with van der Waals surface area (Å²) in [4.78, 5) is 16.0. The first-order valence-corrected chi connectivity index (χ1v) is 6.71. The lowest BCUT2D eigenvalue weighted by molar-refractivity contribution is -0.141. The van der Waals surface area contributed by atoms with Crippen LogP contribution in [0.3, 0.4) is 0 Å². The molecule has 0 amide bonds. The standard InChI is InChI=1S/C15H20N4O2/c1-15(2,3)19-10-12(9-17-19)18-13(14(20)21-4)11-6-5-7-16-8-11/h5-10,13,18H,1-4H3. The van der Waals surface area contributed by atoms with Gasteiger partial charge in [0.05, 0.1) is 24.5 Å². The van der Waals surface area contributed by atoms with Gasteiger partial charge < -0.3 is 10.1 Å². The summed E-state index contributed by atoms with van der Waals surface area (Å²) in [6.45, 7) is 6.17. The van der Waals surface area contributed by atoms with E-state index in [9.17, 15) is 4.79 Å². The lowest BCUT2D eigenvalue weighted by Gasteiger charge is -2.19. The van der Waals surface area contributed by atoms with Gasteiger partial charge in [0.25, 0.3) is 0 Å². The Balaban J connectivity index is 2.24. The van der Waals surface area contributed by atoms with E-state index in [2.05, 4.69) is 36.2 Å². The Morgan fingerprint density at radius 2 is 2.14 bits per heavy atom. The monoisotopic (exact) mass is 288 g/mol. The maximum absolute atomic E-state index is 12.0. The van der Waals surface area contributed by atoms with Gasteiger partial charge in [-0.05, 0) is 26.8 Å². The summed E-state index contributed by atoms with van der Waals surface area (Å²) in [5.74, 6) is -0.369. The number of carbonyl (C=O) groups is 1. The topological polar surface area (TPSA) is 69.0 Å². The molecule has 2 aromatic rings. The van der Waals surface area contributed by atoms with Gasteiger partial charge in [-0.3, -0.25) is 9.67 Å². The van der Waals surface area contributed by atoms with E-state index >= 15 is 0 Å². The molecule has 0 saturated carbocycles. The van der Waals surface area contributed by atoms with Crippen LogP contribution in [0.1, 0.15) is 32.4 Å². The van der Waals surface area contributed by atoms with Crippen LogP contribution in [0.4, 0.5) is 5.69 Å². The van der Waals surface area contributed by atoms with E-state index in [1.54, 1.807) is 24.7 Å². The second-order valence-corrected chi connectivity index (χ2v) is 5.73. The summed E-state index contributed by atoms with van der Waals surface area (Å²) in [6, 6.07) is 3.00. The van der Waals surface area contributed by atoms with Crippen molar-refractivity contribution < 1.29 is 9.53 Å². The molecule has 2 aromatic heterocycles. The minimum absolute atomic E-state index is 0.116. The van der Waals surface area contributed by atoms with Gasteiger partial charge in [0.15, 0.2) is 6.04 Å². The fourth-order valence-electron chi connectivity index (χ4n) is 1.87. The fraction of sp³-hybridized carbons (Fsp3) is 0.400. The summed E-state index contributed by atoms with van der Waals surface area (Å²) in [5, 5.41) is 7.45. The number of anilines is 1. The van der Waals surface area contributed by atoms with Crippen molar-refractivity contribution in [3.05, 3.63) is 42.5 Å². The highest BCUT2D eigenvalue weighted by Gasteiger charge is 2.23. The maximum atomic E-state index is 12.0. The zero-order valence-electron chi connectivity index (χ0n) is 12.7. The van der Waals surface area contributed by atoms with Crippen molar-refractivity contribution in [1.29, 1.82) is 0 Å². The van der Waals surface area contributed by atoms with E-state index in [4.69, 9.17) is 4.74 Å². The molecule has 0 aromatic carbocycles. The molecule has 0 aliphatic heterocycles. The molecule has 112 valence electrons. The molecule has 1 atom stereocenters. The Morgan fingerprint density at radius 1 is 1.38 bits per heavy atom. The van der Waals surface area contributed by atoms with Gasteiger partial charge in [0.2, 0.25) is 0 Å². The number of carbonyl (C=O) groups excluding carboxylic acids is 1. The molecule has 0 spiro atoms. The van der Waals surface area contributed by atoms with Gasteiger partial charge >= 0.3 is 5.97 Å². The van der Waals surface area contributed by atoms with Crippen LogP contribution in [-0.2, 0) is 15.1 Å². The predicted octanol–water partition coefficient (Wildman–Crippen LogP) is 2.36. The zero-order valence-corrected chi connectivity index (χ0v) is 12.7. The Labute approximate surface area is 124 Å². The molecule has 2 rings (SSSR count). The molecule has 21 heavy (non-hydrogen) atoms. The molecule has 1 unspecified atom stereocenters. The minimum atomic E-state index is -0.610. The largest absolute Gasteiger partial charge is 0.467 e. The summed E-state index contributed by atoms with van der Waals surface area (Å²) < 4.78 is 6.70. The van der Waals surface area contributed by atoms with Crippen LogP contribution in [0, 0.1) is 0 Å². The molecule has 6 heteroatoms. The third kappa shape index (κ3) is 3.59. The Bertz CT molecular complexity index is 602. The fourth-order valence-corrected chi connectivity index (χ4v) is 1.87. The Morgan fingerprint density at radius 3 is 2.67 bits per heavy atom. The lowest BCUT2D eigenvalue weighted by Crippen LogP contribution is -2.23. The molecule has 0 aliphatic carbocycles. The van der Waals surface area contributed by atoms with E-state index < -0.39 is 6.04 Å². The summed E-state index contributed by atoms with van der Waals surface area (Å²) in [7, 11) is 1.37. The first-order chi connectivity index (χ1) is 9.91. The van der Waals surface area contributed by atoms with Gasteiger partial charge in [-0.15, -0.1) is 0 Å². The first kappa shape index (κ1) is 15.0. The summed E-state index contributed by atoms with van der Waals surface area (Å²) in [6.07, 6.45) is 6.86. The highest BCUT2D eigenvalue weighted by Crippen LogP contribution is 2.22. The second kappa shape index (κ2) is 5.95. The van der Waals surface area contributed by atoms with Crippen LogP contribution < -0.4 is 5.32 Å². The number of esters is 1. The van der Waals surface area contributed by atoms with Crippen LogP contribution >= 0.6 is 0 Å². The van der Waals surface area contributed by atoms with Crippen molar-refractivity contribution in [1.82, 2.24) is 14.8 Å². The zero-order chi connectivity index (χ0) is 15.5. The molecule has 0 radical (unpaired) electrons. The number of nitrogens with zero attached hydrogens (tertiary/aromatic N) is 3. The maximum Gasteiger partial charge on any atom is 0.333 e.